The number of aliphatic hydroxyl groups excluding tert-OH is 2. The first-order valence-corrected chi connectivity index (χ1v) is 8.03. The van der Waals surface area contributed by atoms with Gasteiger partial charge in [0.1, 0.15) is 0 Å². The Kier molecular flexibility index (Phi) is 7.04. The quantitative estimate of drug-likeness (QED) is 0.813. The average Bonchev–Trinajstić information content (AvgIpc) is 2.43. The van der Waals surface area contributed by atoms with Crippen LogP contribution in [0.15, 0.2) is 24.3 Å². The SMILES string of the molecule is CC(O)CCC(O)c1ccccc1C(=O)N(C(C)C)C(C)C. The summed E-state index contributed by atoms with van der Waals surface area (Å²) in [6.45, 7) is 9.66. The van der Waals surface area contributed by atoms with Crippen LogP contribution in [0, 0.1) is 0 Å². The van der Waals surface area contributed by atoms with Gasteiger partial charge in [-0.05, 0) is 59.1 Å². The minimum atomic E-state index is -0.740. The molecule has 0 heterocycles. The van der Waals surface area contributed by atoms with Crippen molar-refractivity contribution in [2.45, 2.75) is 71.8 Å². The zero-order valence-corrected chi connectivity index (χ0v) is 14.3. The smallest absolute Gasteiger partial charge is 0.254 e. The molecule has 0 saturated heterocycles. The predicted molar refractivity (Wildman–Crippen MR) is 88.8 cm³/mol. The van der Waals surface area contributed by atoms with Crippen LogP contribution in [0.2, 0.25) is 0 Å². The van der Waals surface area contributed by atoms with Gasteiger partial charge in [-0.1, -0.05) is 18.2 Å². The Labute approximate surface area is 133 Å². The van der Waals surface area contributed by atoms with Crippen LogP contribution in [0.4, 0.5) is 0 Å². The number of carbonyl (C=O) groups excluding carboxylic acids is 1. The molecule has 1 rings (SSSR count). The van der Waals surface area contributed by atoms with Crippen LogP contribution in [-0.2, 0) is 0 Å². The number of hydrogen-bond acceptors (Lipinski definition) is 3. The normalized spacial score (nSPS) is 14.2. The fourth-order valence-electron chi connectivity index (χ4n) is 2.74. The second-order valence-corrected chi connectivity index (χ2v) is 6.43. The molecule has 124 valence electrons. The van der Waals surface area contributed by atoms with E-state index in [0.29, 0.717) is 24.0 Å². The first-order valence-electron chi connectivity index (χ1n) is 8.03. The molecule has 0 saturated carbocycles. The van der Waals surface area contributed by atoms with E-state index in [9.17, 15) is 15.0 Å². The van der Waals surface area contributed by atoms with Crippen molar-refractivity contribution in [3.8, 4) is 0 Å². The predicted octanol–water partition coefficient (Wildman–Crippen LogP) is 3.14. The summed E-state index contributed by atoms with van der Waals surface area (Å²) in [6.07, 6.45) is -0.260. The minimum Gasteiger partial charge on any atom is -0.393 e. The maximum atomic E-state index is 12.9. The van der Waals surface area contributed by atoms with Gasteiger partial charge in [0.25, 0.3) is 5.91 Å². The summed E-state index contributed by atoms with van der Waals surface area (Å²) in [5.74, 6) is -0.0586. The number of amides is 1. The van der Waals surface area contributed by atoms with Crippen molar-refractivity contribution in [1.29, 1.82) is 0 Å². The van der Waals surface area contributed by atoms with Gasteiger partial charge < -0.3 is 15.1 Å². The molecular formula is C18H29NO3. The molecule has 2 atom stereocenters. The molecule has 0 aromatic heterocycles. The Hall–Kier alpha value is -1.39. The number of nitrogens with zero attached hydrogens (tertiary/aromatic N) is 1. The van der Waals surface area contributed by atoms with Gasteiger partial charge in [-0.15, -0.1) is 0 Å². The molecule has 0 aliphatic carbocycles. The van der Waals surface area contributed by atoms with E-state index in [1.54, 1.807) is 19.1 Å². The third-order valence-corrected chi connectivity index (χ3v) is 3.76. The zero-order valence-electron chi connectivity index (χ0n) is 14.3. The number of carbonyl (C=O) groups is 1. The number of benzene rings is 1. The molecule has 2 unspecified atom stereocenters. The van der Waals surface area contributed by atoms with Crippen LogP contribution < -0.4 is 0 Å². The third-order valence-electron chi connectivity index (χ3n) is 3.76. The number of aliphatic hydroxyl groups is 2. The molecule has 1 aromatic carbocycles. The summed E-state index contributed by atoms with van der Waals surface area (Å²) in [5, 5.41) is 19.8. The highest BCUT2D eigenvalue weighted by molar-refractivity contribution is 5.96. The van der Waals surface area contributed by atoms with Crippen molar-refractivity contribution < 1.29 is 15.0 Å². The first kappa shape index (κ1) is 18.7. The zero-order chi connectivity index (χ0) is 16.9. The van der Waals surface area contributed by atoms with Crippen LogP contribution in [0.25, 0.3) is 0 Å². The number of rotatable bonds is 7. The lowest BCUT2D eigenvalue weighted by Gasteiger charge is -2.32. The summed E-state index contributed by atoms with van der Waals surface area (Å²) in [7, 11) is 0. The van der Waals surface area contributed by atoms with Crippen molar-refractivity contribution in [1.82, 2.24) is 4.90 Å². The van der Waals surface area contributed by atoms with E-state index in [4.69, 9.17) is 0 Å². The Morgan fingerprint density at radius 3 is 2.05 bits per heavy atom. The molecule has 4 heteroatoms. The monoisotopic (exact) mass is 307 g/mol. The fourth-order valence-corrected chi connectivity index (χ4v) is 2.74. The van der Waals surface area contributed by atoms with Gasteiger partial charge in [0, 0.05) is 17.6 Å². The first-order chi connectivity index (χ1) is 10.3. The van der Waals surface area contributed by atoms with Crippen molar-refractivity contribution in [2.75, 3.05) is 0 Å². The Balaban J connectivity index is 3.07. The summed E-state index contributed by atoms with van der Waals surface area (Å²) >= 11 is 0. The van der Waals surface area contributed by atoms with Gasteiger partial charge in [0.05, 0.1) is 12.2 Å². The molecule has 0 aliphatic heterocycles. The Morgan fingerprint density at radius 1 is 1.00 bits per heavy atom. The second-order valence-electron chi connectivity index (χ2n) is 6.43. The van der Waals surface area contributed by atoms with Crippen LogP contribution in [0.5, 0.6) is 0 Å². The van der Waals surface area contributed by atoms with Gasteiger partial charge in [0.15, 0.2) is 0 Å². The lowest BCUT2D eigenvalue weighted by atomic mass is 9.96. The van der Waals surface area contributed by atoms with E-state index in [0.717, 1.165) is 0 Å². The van der Waals surface area contributed by atoms with Crippen molar-refractivity contribution in [2.24, 2.45) is 0 Å². The Morgan fingerprint density at radius 2 is 1.55 bits per heavy atom. The van der Waals surface area contributed by atoms with Crippen molar-refractivity contribution >= 4 is 5.91 Å². The van der Waals surface area contributed by atoms with E-state index in [1.807, 2.05) is 44.7 Å². The lowest BCUT2D eigenvalue weighted by Crippen LogP contribution is -2.42. The number of hydrogen-bond donors (Lipinski definition) is 2. The van der Waals surface area contributed by atoms with Crippen LogP contribution in [0.3, 0.4) is 0 Å². The lowest BCUT2D eigenvalue weighted by molar-refractivity contribution is 0.0634. The maximum absolute atomic E-state index is 12.9. The molecule has 2 N–H and O–H groups in total. The fraction of sp³-hybridized carbons (Fsp3) is 0.611. The van der Waals surface area contributed by atoms with E-state index < -0.39 is 12.2 Å². The van der Waals surface area contributed by atoms with Gasteiger partial charge in [-0.25, -0.2) is 0 Å². The molecule has 0 bridgehead atoms. The molecular weight excluding hydrogens is 278 g/mol. The molecule has 0 radical (unpaired) electrons. The Bertz CT molecular complexity index is 475. The highest BCUT2D eigenvalue weighted by Gasteiger charge is 2.25. The molecule has 0 spiro atoms. The van der Waals surface area contributed by atoms with E-state index >= 15 is 0 Å². The highest BCUT2D eigenvalue weighted by Crippen LogP contribution is 2.25. The summed E-state index contributed by atoms with van der Waals surface area (Å²) < 4.78 is 0. The van der Waals surface area contributed by atoms with Crippen molar-refractivity contribution in [3.63, 3.8) is 0 Å². The maximum Gasteiger partial charge on any atom is 0.254 e. The summed E-state index contributed by atoms with van der Waals surface area (Å²) in [6, 6.07) is 7.38. The topological polar surface area (TPSA) is 60.8 Å². The van der Waals surface area contributed by atoms with Gasteiger partial charge in [-0.2, -0.15) is 0 Å². The van der Waals surface area contributed by atoms with Gasteiger partial charge in [0.2, 0.25) is 0 Å². The van der Waals surface area contributed by atoms with E-state index in [2.05, 4.69) is 0 Å². The standard InChI is InChI=1S/C18H29NO3/c1-12(2)19(13(3)4)18(22)16-9-7-6-8-15(16)17(21)11-10-14(5)20/h6-9,12-14,17,20-21H,10-11H2,1-5H3. The average molecular weight is 307 g/mol. The van der Waals surface area contributed by atoms with Crippen molar-refractivity contribution in [3.05, 3.63) is 35.4 Å². The highest BCUT2D eigenvalue weighted by atomic mass is 16.3. The minimum absolute atomic E-state index is 0.0586. The molecule has 0 fully saturated rings. The van der Waals surface area contributed by atoms with Crippen LogP contribution in [-0.4, -0.2) is 39.2 Å². The van der Waals surface area contributed by atoms with Crippen LogP contribution >= 0.6 is 0 Å². The van der Waals surface area contributed by atoms with Gasteiger partial charge in [-0.3, -0.25) is 4.79 Å². The largest absolute Gasteiger partial charge is 0.393 e. The van der Waals surface area contributed by atoms with Crippen LogP contribution in [0.1, 0.15) is 69.5 Å². The second kappa shape index (κ2) is 8.30. The van der Waals surface area contributed by atoms with E-state index in [1.165, 1.54) is 0 Å². The molecule has 22 heavy (non-hydrogen) atoms. The molecule has 1 aromatic rings. The molecule has 0 aliphatic rings. The van der Waals surface area contributed by atoms with Gasteiger partial charge >= 0.3 is 0 Å². The summed E-state index contributed by atoms with van der Waals surface area (Å²) in [5.41, 5.74) is 1.18. The summed E-state index contributed by atoms with van der Waals surface area (Å²) in [4.78, 5) is 14.7. The molecule has 4 nitrogen and oxygen atoms in total. The third kappa shape index (κ3) is 4.82. The van der Waals surface area contributed by atoms with E-state index in [-0.39, 0.29) is 18.0 Å². The molecule has 1 amide bonds.